The zero-order valence-corrected chi connectivity index (χ0v) is 15.4. The van der Waals surface area contributed by atoms with Crippen molar-refractivity contribution in [1.82, 2.24) is 0 Å². The van der Waals surface area contributed by atoms with Gasteiger partial charge in [-0.3, -0.25) is 0 Å². The summed E-state index contributed by atoms with van der Waals surface area (Å²) >= 11 is 0. The fourth-order valence-corrected chi connectivity index (χ4v) is 4.40. The average molecular weight is 354 g/mol. The summed E-state index contributed by atoms with van der Waals surface area (Å²) in [4.78, 5) is 0. The van der Waals surface area contributed by atoms with Gasteiger partial charge in [0.15, 0.2) is 0 Å². The van der Waals surface area contributed by atoms with E-state index in [1.54, 1.807) is 0 Å². The maximum atomic E-state index is 2.33. The van der Waals surface area contributed by atoms with Gasteiger partial charge in [0.05, 0.1) is 0 Å². The van der Waals surface area contributed by atoms with Crippen LogP contribution in [0.25, 0.3) is 54.2 Å². The molecule has 0 spiro atoms. The number of hydrogen-bond acceptors (Lipinski definition) is 0. The molecular formula is C28H18. The van der Waals surface area contributed by atoms with Crippen molar-refractivity contribution in [2.45, 2.75) is 0 Å². The van der Waals surface area contributed by atoms with Gasteiger partial charge < -0.3 is 0 Å². The lowest BCUT2D eigenvalue weighted by atomic mass is 9.93. The Morgan fingerprint density at radius 3 is 1.82 bits per heavy atom. The third-order valence-corrected chi connectivity index (χ3v) is 5.80. The van der Waals surface area contributed by atoms with Gasteiger partial charge in [0, 0.05) is 0 Å². The lowest BCUT2D eigenvalue weighted by Gasteiger charge is -2.11. The first-order valence-electron chi connectivity index (χ1n) is 9.70. The molecule has 0 radical (unpaired) electrons. The van der Waals surface area contributed by atoms with E-state index in [-0.39, 0.29) is 0 Å². The molecule has 0 aromatic heterocycles. The van der Waals surface area contributed by atoms with E-state index in [9.17, 15) is 0 Å². The quantitative estimate of drug-likeness (QED) is 0.207. The predicted octanol–water partition coefficient (Wildman–Crippen LogP) is 7.97. The molecular weight excluding hydrogens is 336 g/mol. The van der Waals surface area contributed by atoms with Crippen molar-refractivity contribution in [3.63, 3.8) is 0 Å². The molecule has 130 valence electrons. The van der Waals surface area contributed by atoms with E-state index in [1.165, 1.54) is 54.2 Å². The fourth-order valence-electron chi connectivity index (χ4n) is 4.40. The minimum Gasteiger partial charge on any atom is -0.0616 e. The lowest BCUT2D eigenvalue weighted by molar-refractivity contribution is 1.70. The maximum absolute atomic E-state index is 2.33. The first kappa shape index (κ1) is 15.4. The Morgan fingerprint density at radius 2 is 0.964 bits per heavy atom. The minimum absolute atomic E-state index is 1.27. The van der Waals surface area contributed by atoms with E-state index in [0.717, 1.165) is 0 Å². The van der Waals surface area contributed by atoms with E-state index in [2.05, 4.69) is 109 Å². The Bertz CT molecular complexity index is 1510. The van der Waals surface area contributed by atoms with Gasteiger partial charge in [-0.05, 0) is 72.4 Å². The Kier molecular flexibility index (Phi) is 3.27. The highest BCUT2D eigenvalue weighted by Gasteiger charge is 2.08. The van der Waals surface area contributed by atoms with Crippen molar-refractivity contribution < 1.29 is 0 Å². The van der Waals surface area contributed by atoms with Gasteiger partial charge in [-0.1, -0.05) is 91.0 Å². The molecule has 0 heterocycles. The Hall–Kier alpha value is -3.64. The van der Waals surface area contributed by atoms with E-state index < -0.39 is 0 Å². The number of fused-ring (bicyclic) bond motifs is 5. The SMILES string of the molecule is c1ccc2cc3cc(-c4cccc5c4ccc4ccccc45)ccc3cc2c1. The van der Waals surface area contributed by atoms with Crippen molar-refractivity contribution in [3.8, 4) is 11.1 Å². The molecule has 28 heavy (non-hydrogen) atoms. The third kappa shape index (κ3) is 2.32. The summed E-state index contributed by atoms with van der Waals surface area (Å²) in [6.07, 6.45) is 0. The van der Waals surface area contributed by atoms with Crippen LogP contribution in [0.2, 0.25) is 0 Å². The summed E-state index contributed by atoms with van der Waals surface area (Å²) in [6, 6.07) is 39.7. The van der Waals surface area contributed by atoms with Gasteiger partial charge in [-0.15, -0.1) is 0 Å². The van der Waals surface area contributed by atoms with Crippen LogP contribution < -0.4 is 0 Å². The van der Waals surface area contributed by atoms with Gasteiger partial charge in [-0.25, -0.2) is 0 Å². The summed E-state index contributed by atoms with van der Waals surface area (Å²) in [6.45, 7) is 0. The van der Waals surface area contributed by atoms with Crippen LogP contribution in [0.1, 0.15) is 0 Å². The highest BCUT2D eigenvalue weighted by atomic mass is 14.1. The molecule has 0 aliphatic rings. The molecule has 6 aromatic carbocycles. The topological polar surface area (TPSA) is 0 Å². The van der Waals surface area contributed by atoms with Crippen LogP contribution in [0.5, 0.6) is 0 Å². The molecule has 0 heteroatoms. The van der Waals surface area contributed by atoms with Crippen molar-refractivity contribution in [1.29, 1.82) is 0 Å². The smallest absolute Gasteiger partial charge is 0.00990 e. The Balaban J connectivity index is 1.63. The summed E-state index contributed by atoms with van der Waals surface area (Å²) < 4.78 is 0. The van der Waals surface area contributed by atoms with E-state index in [4.69, 9.17) is 0 Å². The molecule has 0 fully saturated rings. The Labute approximate surface area is 163 Å². The second kappa shape index (κ2) is 5.94. The molecule has 0 N–H and O–H groups in total. The van der Waals surface area contributed by atoms with Crippen molar-refractivity contribution in [2.75, 3.05) is 0 Å². The first-order valence-corrected chi connectivity index (χ1v) is 9.70. The minimum atomic E-state index is 1.27. The van der Waals surface area contributed by atoms with Crippen LogP contribution in [-0.2, 0) is 0 Å². The summed E-state index contributed by atoms with van der Waals surface area (Å²) in [5.41, 5.74) is 2.56. The highest BCUT2D eigenvalue weighted by Crippen LogP contribution is 2.35. The molecule has 0 atom stereocenters. The fraction of sp³-hybridized carbons (Fsp3) is 0. The standard InChI is InChI=1S/C28H18/c1-2-8-21-17-24-18-23(13-12-22(24)16-20(21)7-1)26-10-5-11-27-25-9-4-3-6-19(25)14-15-28(26)27/h1-18H. The average Bonchev–Trinajstić information content (AvgIpc) is 2.76. The lowest BCUT2D eigenvalue weighted by Crippen LogP contribution is -1.84. The summed E-state index contributed by atoms with van der Waals surface area (Å²) in [5.74, 6) is 0. The molecule has 0 saturated heterocycles. The highest BCUT2D eigenvalue weighted by molar-refractivity contribution is 6.12. The van der Waals surface area contributed by atoms with E-state index in [0.29, 0.717) is 0 Å². The number of hydrogen-bond donors (Lipinski definition) is 0. The molecule has 6 rings (SSSR count). The zero-order chi connectivity index (χ0) is 18.5. The van der Waals surface area contributed by atoms with Gasteiger partial charge in [-0.2, -0.15) is 0 Å². The van der Waals surface area contributed by atoms with Crippen molar-refractivity contribution >= 4 is 43.1 Å². The van der Waals surface area contributed by atoms with Crippen LogP contribution in [0, 0.1) is 0 Å². The van der Waals surface area contributed by atoms with Crippen LogP contribution in [-0.4, -0.2) is 0 Å². The normalized spacial score (nSPS) is 11.6. The van der Waals surface area contributed by atoms with E-state index >= 15 is 0 Å². The van der Waals surface area contributed by atoms with Crippen LogP contribution in [0.15, 0.2) is 109 Å². The molecule has 6 aromatic rings. The van der Waals surface area contributed by atoms with Gasteiger partial charge >= 0.3 is 0 Å². The molecule has 0 bridgehead atoms. The maximum Gasteiger partial charge on any atom is -0.00990 e. The number of benzene rings is 6. The van der Waals surface area contributed by atoms with Gasteiger partial charge in [0.2, 0.25) is 0 Å². The largest absolute Gasteiger partial charge is 0.0616 e. The van der Waals surface area contributed by atoms with Crippen molar-refractivity contribution in [2.24, 2.45) is 0 Å². The second-order valence-corrected chi connectivity index (χ2v) is 7.45. The molecule has 0 unspecified atom stereocenters. The van der Waals surface area contributed by atoms with Crippen LogP contribution >= 0.6 is 0 Å². The van der Waals surface area contributed by atoms with E-state index in [1.807, 2.05) is 0 Å². The molecule has 0 aliphatic heterocycles. The van der Waals surface area contributed by atoms with Crippen LogP contribution in [0.4, 0.5) is 0 Å². The molecule has 0 saturated carbocycles. The predicted molar refractivity (Wildman–Crippen MR) is 122 cm³/mol. The monoisotopic (exact) mass is 354 g/mol. The Morgan fingerprint density at radius 1 is 0.321 bits per heavy atom. The summed E-state index contributed by atoms with van der Waals surface area (Å²) in [7, 11) is 0. The zero-order valence-electron chi connectivity index (χ0n) is 15.4. The van der Waals surface area contributed by atoms with Crippen molar-refractivity contribution in [3.05, 3.63) is 109 Å². The first-order chi connectivity index (χ1) is 13.9. The third-order valence-electron chi connectivity index (χ3n) is 5.80. The molecule has 0 amide bonds. The van der Waals surface area contributed by atoms with Crippen LogP contribution in [0.3, 0.4) is 0 Å². The van der Waals surface area contributed by atoms with Gasteiger partial charge in [0.25, 0.3) is 0 Å². The second-order valence-electron chi connectivity index (χ2n) is 7.45. The molecule has 0 aliphatic carbocycles. The molecule has 0 nitrogen and oxygen atoms in total. The number of rotatable bonds is 1. The van der Waals surface area contributed by atoms with Gasteiger partial charge in [0.1, 0.15) is 0 Å². The summed E-state index contributed by atoms with van der Waals surface area (Å²) in [5, 5.41) is 10.4.